The largest absolute Gasteiger partial charge is 0.454 e. The van der Waals surface area contributed by atoms with Crippen molar-refractivity contribution in [1.82, 2.24) is 14.8 Å². The number of piperidine rings is 1. The van der Waals surface area contributed by atoms with E-state index in [-0.39, 0.29) is 41.5 Å². The Balaban J connectivity index is 0.00000156. The Kier molecular flexibility index (Phi) is 6.33. The lowest BCUT2D eigenvalue weighted by molar-refractivity contribution is -0.0885. The number of carbonyl (C=O) groups excluding carboxylic acids is 1. The molecule has 0 bridgehead atoms. The van der Waals surface area contributed by atoms with Gasteiger partial charge in [0.1, 0.15) is 0 Å². The highest BCUT2D eigenvalue weighted by molar-refractivity contribution is 6.00. The number of aromatic nitrogens is 1. The zero-order chi connectivity index (χ0) is 17.0. The Morgan fingerprint density at radius 1 is 1.20 bits per heavy atom. The van der Waals surface area contributed by atoms with Crippen LogP contribution in [0.25, 0.3) is 0 Å². The Morgan fingerprint density at radius 3 is 2.28 bits per heavy atom. The van der Waals surface area contributed by atoms with Gasteiger partial charge in [0.25, 0.3) is 5.78 Å². The van der Waals surface area contributed by atoms with Gasteiger partial charge in [-0.3, -0.25) is 9.69 Å². The van der Waals surface area contributed by atoms with Gasteiger partial charge in [0.05, 0.1) is 11.1 Å². The first-order valence-electron chi connectivity index (χ1n) is 7.85. The molecule has 2 aliphatic rings. The van der Waals surface area contributed by atoms with Crippen LogP contribution in [0.3, 0.4) is 0 Å². The first-order valence-corrected chi connectivity index (χ1v) is 7.85. The summed E-state index contributed by atoms with van der Waals surface area (Å²) in [7, 11) is 2.02. The Bertz CT molecular complexity index is 637. The average molecular weight is 402 g/mol. The van der Waals surface area contributed by atoms with Gasteiger partial charge >= 0.3 is 6.18 Å². The van der Waals surface area contributed by atoms with Crippen LogP contribution in [-0.2, 0) is 11.1 Å². The van der Waals surface area contributed by atoms with E-state index in [1.807, 2.05) is 25.5 Å². The Hall–Kier alpha value is -0.760. The van der Waals surface area contributed by atoms with E-state index in [1.165, 1.54) is 12.3 Å². The second-order valence-corrected chi connectivity index (χ2v) is 7.26. The topological polar surface area (TPSA) is 37.3 Å². The highest BCUT2D eigenvalue weighted by Crippen LogP contribution is 2.44. The van der Waals surface area contributed by atoms with Crippen LogP contribution in [0.4, 0.5) is 13.2 Å². The third kappa shape index (κ3) is 3.56. The summed E-state index contributed by atoms with van der Waals surface area (Å²) >= 11 is 0. The summed E-state index contributed by atoms with van der Waals surface area (Å²) in [6.07, 6.45) is -1.80. The second-order valence-electron chi connectivity index (χ2n) is 7.26. The van der Waals surface area contributed by atoms with Crippen molar-refractivity contribution in [3.63, 3.8) is 0 Å². The van der Waals surface area contributed by atoms with E-state index in [2.05, 4.69) is 10.2 Å². The minimum atomic E-state index is -4.84. The van der Waals surface area contributed by atoms with Crippen LogP contribution in [-0.4, -0.2) is 48.1 Å². The molecule has 0 amide bonds. The number of likely N-dealkylation sites (N-methyl/N-ethyl adjacent to an activating group) is 1. The van der Waals surface area contributed by atoms with Crippen LogP contribution in [0.1, 0.15) is 42.7 Å². The maximum absolute atomic E-state index is 12.8. The molecule has 4 nitrogen and oxygen atoms in total. The highest BCUT2D eigenvalue weighted by Gasteiger charge is 2.49. The summed E-state index contributed by atoms with van der Waals surface area (Å²) in [5.41, 5.74) is -0.0889. The molecule has 0 aromatic carbocycles. The third-order valence-electron chi connectivity index (χ3n) is 5.25. The molecule has 0 aliphatic carbocycles. The molecule has 1 spiro atoms. The van der Waals surface area contributed by atoms with E-state index >= 15 is 0 Å². The van der Waals surface area contributed by atoms with Gasteiger partial charge in [0, 0.05) is 24.0 Å². The van der Waals surface area contributed by atoms with Gasteiger partial charge in [-0.15, -0.1) is 24.8 Å². The monoisotopic (exact) mass is 401 g/mol. The molecule has 1 saturated heterocycles. The van der Waals surface area contributed by atoms with Crippen molar-refractivity contribution in [2.45, 2.75) is 43.9 Å². The van der Waals surface area contributed by atoms with Crippen molar-refractivity contribution in [2.75, 3.05) is 26.7 Å². The maximum atomic E-state index is 12.8. The lowest BCUT2D eigenvalue weighted by Crippen LogP contribution is -2.60. The Morgan fingerprint density at radius 2 is 1.76 bits per heavy atom. The average Bonchev–Trinajstić information content (AvgIpc) is 2.91. The fourth-order valence-electron chi connectivity index (χ4n) is 4.09. The number of nitrogens with zero attached hydrogens (tertiary/aromatic N) is 2. The van der Waals surface area contributed by atoms with Crippen molar-refractivity contribution in [1.29, 1.82) is 0 Å². The predicted octanol–water partition coefficient (Wildman–Crippen LogP) is 3.34. The minimum absolute atomic E-state index is 0. The van der Waals surface area contributed by atoms with Crippen LogP contribution in [0.2, 0.25) is 0 Å². The molecule has 0 unspecified atom stereocenters. The number of rotatable bonds is 1. The van der Waals surface area contributed by atoms with Crippen molar-refractivity contribution < 1.29 is 18.0 Å². The number of ketones is 1. The number of hydrogen-bond acceptors (Lipinski definition) is 3. The van der Waals surface area contributed by atoms with E-state index < -0.39 is 12.0 Å². The van der Waals surface area contributed by atoms with E-state index in [0.717, 1.165) is 38.2 Å². The number of hydrogen-bond donors (Lipinski definition) is 1. The van der Waals surface area contributed by atoms with Gasteiger partial charge in [-0.05, 0) is 52.9 Å². The molecule has 0 saturated carbocycles. The minimum Gasteiger partial charge on any atom is -0.342 e. The number of halogens is 5. The molecule has 1 fully saturated rings. The van der Waals surface area contributed by atoms with Crippen molar-refractivity contribution >= 4 is 30.6 Å². The third-order valence-corrected chi connectivity index (χ3v) is 5.25. The van der Waals surface area contributed by atoms with Gasteiger partial charge in [-0.25, -0.2) is 0 Å². The Labute approximate surface area is 157 Å². The molecule has 9 heteroatoms. The van der Waals surface area contributed by atoms with Crippen LogP contribution in [0, 0.1) is 0 Å². The van der Waals surface area contributed by atoms with Crippen molar-refractivity contribution in [3.8, 4) is 0 Å². The quantitative estimate of drug-likeness (QED) is 0.733. The molecule has 0 radical (unpaired) electrons. The number of fused-ring (bicyclic) bond motifs is 2. The SMILES string of the molecule is CN1CC(C)(C)n2cc(C(=O)C(F)(F)F)cc2C12CCNCC2.Cl.Cl. The fourth-order valence-corrected chi connectivity index (χ4v) is 4.09. The first kappa shape index (κ1) is 22.3. The zero-order valence-corrected chi connectivity index (χ0v) is 16.1. The molecule has 2 aliphatic heterocycles. The molecule has 25 heavy (non-hydrogen) atoms. The molecule has 0 atom stereocenters. The van der Waals surface area contributed by atoms with E-state index in [4.69, 9.17) is 0 Å². The van der Waals surface area contributed by atoms with Gasteiger partial charge in [-0.1, -0.05) is 0 Å². The normalized spacial score (nSPS) is 21.8. The van der Waals surface area contributed by atoms with Gasteiger partial charge in [-0.2, -0.15) is 13.2 Å². The first-order chi connectivity index (χ1) is 10.6. The zero-order valence-electron chi connectivity index (χ0n) is 14.4. The number of alkyl halides is 3. The summed E-state index contributed by atoms with van der Waals surface area (Å²) in [5, 5.41) is 3.30. The van der Waals surface area contributed by atoms with Crippen LogP contribution >= 0.6 is 24.8 Å². The van der Waals surface area contributed by atoms with Crippen molar-refractivity contribution in [3.05, 3.63) is 23.5 Å². The van der Waals surface area contributed by atoms with E-state index in [0.29, 0.717) is 0 Å². The summed E-state index contributed by atoms with van der Waals surface area (Å²) in [6, 6.07) is 1.46. The summed E-state index contributed by atoms with van der Waals surface area (Å²) in [5.74, 6) is -1.76. The molecular formula is C16H24Cl2F3N3O. The van der Waals surface area contributed by atoms with Crippen LogP contribution in [0.5, 0.6) is 0 Å². The van der Waals surface area contributed by atoms with Gasteiger partial charge < -0.3 is 9.88 Å². The maximum Gasteiger partial charge on any atom is 0.454 e. The van der Waals surface area contributed by atoms with Gasteiger partial charge in [0.2, 0.25) is 0 Å². The number of Topliss-reactive ketones (excluding diaryl/α,β-unsaturated/α-hetero) is 1. The summed E-state index contributed by atoms with van der Waals surface area (Å²) in [4.78, 5) is 13.9. The van der Waals surface area contributed by atoms with E-state index in [1.54, 1.807) is 0 Å². The number of nitrogens with one attached hydrogen (secondary N) is 1. The molecule has 1 N–H and O–H groups in total. The molecule has 144 valence electrons. The van der Waals surface area contributed by atoms with E-state index in [9.17, 15) is 18.0 Å². The predicted molar refractivity (Wildman–Crippen MR) is 95.0 cm³/mol. The summed E-state index contributed by atoms with van der Waals surface area (Å²) < 4.78 is 40.4. The summed E-state index contributed by atoms with van der Waals surface area (Å²) in [6.45, 7) is 6.34. The molecular weight excluding hydrogens is 378 g/mol. The highest BCUT2D eigenvalue weighted by atomic mass is 35.5. The standard InChI is InChI=1S/C16H22F3N3O.2ClH/c1-14(2)10-21(3)15(4-6-20-7-5-15)12-8-11(9-22(12)14)13(23)16(17,18)19;;/h8-9,20H,4-7,10H2,1-3H3;2*1H. The van der Waals surface area contributed by atoms with Crippen LogP contribution < -0.4 is 5.32 Å². The molecule has 3 rings (SSSR count). The van der Waals surface area contributed by atoms with Crippen LogP contribution in [0.15, 0.2) is 12.3 Å². The van der Waals surface area contributed by atoms with Crippen molar-refractivity contribution in [2.24, 2.45) is 0 Å². The molecule has 1 aromatic rings. The smallest absolute Gasteiger partial charge is 0.342 e. The second kappa shape index (κ2) is 7.10. The fraction of sp³-hybridized carbons (Fsp3) is 0.688. The lowest BCUT2D eigenvalue weighted by Gasteiger charge is -2.53. The van der Waals surface area contributed by atoms with Gasteiger partial charge in [0.15, 0.2) is 0 Å². The number of carbonyl (C=O) groups is 1. The molecule has 1 aromatic heterocycles. The molecule has 3 heterocycles. The lowest BCUT2D eigenvalue weighted by atomic mass is 9.79.